The number of likely N-dealkylation sites (tertiary alicyclic amines) is 1. The first-order valence-corrected chi connectivity index (χ1v) is 7.71. The maximum Gasteiger partial charge on any atom is 0.180 e. The zero-order chi connectivity index (χ0) is 15.2. The first kappa shape index (κ1) is 15.8. The molecular weight excluding hydrogens is 266 g/mol. The number of rotatable bonds is 7. The number of nitrogens with zero attached hydrogens (tertiary/aromatic N) is 1. The van der Waals surface area contributed by atoms with Crippen LogP contribution in [0.2, 0.25) is 0 Å². The van der Waals surface area contributed by atoms with Crippen LogP contribution in [0, 0.1) is 0 Å². The molecule has 1 aromatic rings. The standard InChI is InChI=1S/C17H25NO3/c1-4-7-14(18-10-5-6-11-18)17(19)13-8-9-15(20-2)16(12-13)21-3/h8-9,12,14H,4-7,10-11H2,1-3H3/t14-/m1/s1. The van der Waals surface area contributed by atoms with Crippen molar-refractivity contribution >= 4 is 5.78 Å². The largest absolute Gasteiger partial charge is 0.493 e. The molecule has 0 bridgehead atoms. The molecule has 0 aliphatic carbocycles. The zero-order valence-electron chi connectivity index (χ0n) is 13.2. The molecular formula is C17H25NO3. The quantitative estimate of drug-likeness (QED) is 0.723. The van der Waals surface area contributed by atoms with E-state index in [4.69, 9.17) is 9.47 Å². The van der Waals surface area contributed by atoms with Crippen molar-refractivity contribution in [1.29, 1.82) is 0 Å². The minimum Gasteiger partial charge on any atom is -0.493 e. The fourth-order valence-corrected chi connectivity index (χ4v) is 2.99. The highest BCUT2D eigenvalue weighted by Crippen LogP contribution is 2.29. The van der Waals surface area contributed by atoms with Gasteiger partial charge in [0.1, 0.15) is 0 Å². The van der Waals surface area contributed by atoms with Crippen molar-refractivity contribution in [3.05, 3.63) is 23.8 Å². The molecule has 2 rings (SSSR count). The van der Waals surface area contributed by atoms with Crippen molar-refractivity contribution in [3.8, 4) is 11.5 Å². The molecule has 21 heavy (non-hydrogen) atoms. The molecule has 0 spiro atoms. The fraction of sp³-hybridized carbons (Fsp3) is 0.588. The van der Waals surface area contributed by atoms with E-state index in [2.05, 4.69) is 11.8 Å². The highest BCUT2D eigenvalue weighted by molar-refractivity contribution is 6.00. The molecule has 0 unspecified atom stereocenters. The van der Waals surface area contributed by atoms with Gasteiger partial charge in [-0.3, -0.25) is 9.69 Å². The van der Waals surface area contributed by atoms with Gasteiger partial charge in [0.25, 0.3) is 0 Å². The highest BCUT2D eigenvalue weighted by atomic mass is 16.5. The summed E-state index contributed by atoms with van der Waals surface area (Å²) in [6.45, 7) is 4.19. The molecule has 0 saturated carbocycles. The normalized spacial score (nSPS) is 16.7. The summed E-state index contributed by atoms with van der Waals surface area (Å²) < 4.78 is 10.5. The van der Waals surface area contributed by atoms with E-state index in [1.165, 1.54) is 12.8 Å². The molecule has 1 saturated heterocycles. The van der Waals surface area contributed by atoms with Crippen molar-refractivity contribution < 1.29 is 14.3 Å². The van der Waals surface area contributed by atoms with Crippen LogP contribution in [0.15, 0.2) is 18.2 Å². The topological polar surface area (TPSA) is 38.8 Å². The Bertz CT molecular complexity index is 481. The third-order valence-electron chi connectivity index (χ3n) is 4.11. The third-order valence-corrected chi connectivity index (χ3v) is 4.11. The molecule has 1 atom stereocenters. The maximum atomic E-state index is 12.9. The monoisotopic (exact) mass is 291 g/mol. The Kier molecular flexibility index (Phi) is 5.62. The average Bonchev–Trinajstić information content (AvgIpc) is 3.05. The van der Waals surface area contributed by atoms with Gasteiger partial charge >= 0.3 is 0 Å². The summed E-state index contributed by atoms with van der Waals surface area (Å²) in [6.07, 6.45) is 4.31. The summed E-state index contributed by atoms with van der Waals surface area (Å²) in [4.78, 5) is 15.2. The van der Waals surface area contributed by atoms with E-state index in [0.29, 0.717) is 17.1 Å². The average molecular weight is 291 g/mol. The molecule has 116 valence electrons. The van der Waals surface area contributed by atoms with E-state index >= 15 is 0 Å². The smallest absolute Gasteiger partial charge is 0.180 e. The second-order valence-electron chi connectivity index (χ2n) is 5.48. The van der Waals surface area contributed by atoms with Crippen LogP contribution in [0.1, 0.15) is 43.0 Å². The lowest BCUT2D eigenvalue weighted by molar-refractivity contribution is 0.0836. The molecule has 4 heteroatoms. The summed E-state index contributed by atoms with van der Waals surface area (Å²) in [5.41, 5.74) is 0.706. The number of benzene rings is 1. The number of carbonyl (C=O) groups is 1. The molecule has 0 aromatic heterocycles. The summed E-state index contributed by atoms with van der Waals surface area (Å²) in [6, 6.07) is 5.43. The number of hydrogen-bond donors (Lipinski definition) is 0. The molecule has 0 radical (unpaired) electrons. The van der Waals surface area contributed by atoms with Crippen molar-refractivity contribution in [3.63, 3.8) is 0 Å². The molecule has 1 aliphatic heterocycles. The number of Topliss-reactive ketones (excluding diaryl/α,β-unsaturated/α-hetero) is 1. The van der Waals surface area contributed by atoms with Crippen LogP contribution in [0.4, 0.5) is 0 Å². The number of ketones is 1. The zero-order valence-corrected chi connectivity index (χ0v) is 13.2. The van der Waals surface area contributed by atoms with Gasteiger partial charge in [-0.25, -0.2) is 0 Å². The van der Waals surface area contributed by atoms with E-state index in [1.54, 1.807) is 26.4 Å². The Balaban J connectivity index is 2.23. The molecule has 4 nitrogen and oxygen atoms in total. The first-order chi connectivity index (χ1) is 10.2. The summed E-state index contributed by atoms with van der Waals surface area (Å²) in [7, 11) is 3.19. The SMILES string of the molecule is CCC[C@H](C(=O)c1ccc(OC)c(OC)c1)N1CCCC1. The predicted molar refractivity (Wildman–Crippen MR) is 83.4 cm³/mol. The molecule has 0 N–H and O–H groups in total. The van der Waals surface area contributed by atoms with Crippen LogP contribution in [0.3, 0.4) is 0 Å². The van der Waals surface area contributed by atoms with E-state index in [-0.39, 0.29) is 11.8 Å². The van der Waals surface area contributed by atoms with Crippen LogP contribution >= 0.6 is 0 Å². The van der Waals surface area contributed by atoms with Crippen LogP contribution in [-0.2, 0) is 0 Å². The van der Waals surface area contributed by atoms with E-state index in [9.17, 15) is 4.79 Å². The summed E-state index contributed by atoms with van der Waals surface area (Å²) >= 11 is 0. The van der Waals surface area contributed by atoms with Gasteiger partial charge in [0.2, 0.25) is 0 Å². The van der Waals surface area contributed by atoms with Crippen molar-refractivity contribution in [1.82, 2.24) is 4.90 Å². The summed E-state index contributed by atoms with van der Waals surface area (Å²) in [5, 5.41) is 0. The minimum absolute atomic E-state index is 0.00407. The molecule has 1 aliphatic rings. The Morgan fingerprint density at radius 2 is 1.86 bits per heavy atom. The minimum atomic E-state index is -0.00407. The Morgan fingerprint density at radius 1 is 1.19 bits per heavy atom. The maximum absolute atomic E-state index is 12.9. The number of carbonyl (C=O) groups excluding carboxylic acids is 1. The Morgan fingerprint density at radius 3 is 2.43 bits per heavy atom. The third kappa shape index (κ3) is 3.56. The second kappa shape index (κ2) is 7.46. The fourth-order valence-electron chi connectivity index (χ4n) is 2.99. The number of ether oxygens (including phenoxy) is 2. The lowest BCUT2D eigenvalue weighted by atomic mass is 9.99. The van der Waals surface area contributed by atoms with E-state index < -0.39 is 0 Å². The van der Waals surface area contributed by atoms with Crippen molar-refractivity contribution in [2.45, 2.75) is 38.6 Å². The van der Waals surface area contributed by atoms with E-state index in [0.717, 1.165) is 25.9 Å². The molecule has 0 amide bonds. The number of methoxy groups -OCH3 is 2. The van der Waals surface area contributed by atoms with Gasteiger partial charge in [-0.15, -0.1) is 0 Å². The van der Waals surface area contributed by atoms with Crippen LogP contribution in [0.25, 0.3) is 0 Å². The van der Waals surface area contributed by atoms with Gasteiger partial charge in [0, 0.05) is 5.56 Å². The van der Waals surface area contributed by atoms with Gasteiger partial charge in [-0.05, 0) is 50.6 Å². The second-order valence-corrected chi connectivity index (χ2v) is 5.48. The Hall–Kier alpha value is -1.55. The first-order valence-electron chi connectivity index (χ1n) is 7.71. The van der Waals surface area contributed by atoms with Gasteiger partial charge in [-0.2, -0.15) is 0 Å². The molecule has 1 fully saturated rings. The van der Waals surface area contributed by atoms with Crippen molar-refractivity contribution in [2.24, 2.45) is 0 Å². The lowest BCUT2D eigenvalue weighted by Gasteiger charge is -2.26. The lowest BCUT2D eigenvalue weighted by Crippen LogP contribution is -2.39. The van der Waals surface area contributed by atoms with Gasteiger partial charge in [0.15, 0.2) is 17.3 Å². The summed E-state index contributed by atoms with van der Waals surface area (Å²) in [5.74, 6) is 1.46. The van der Waals surface area contributed by atoms with Gasteiger partial charge in [0.05, 0.1) is 20.3 Å². The van der Waals surface area contributed by atoms with Gasteiger partial charge in [-0.1, -0.05) is 13.3 Å². The van der Waals surface area contributed by atoms with Crippen LogP contribution in [0.5, 0.6) is 11.5 Å². The Labute approximate surface area is 127 Å². The predicted octanol–water partition coefficient (Wildman–Crippen LogP) is 3.15. The number of hydrogen-bond acceptors (Lipinski definition) is 4. The van der Waals surface area contributed by atoms with Crippen LogP contribution in [-0.4, -0.2) is 44.0 Å². The highest BCUT2D eigenvalue weighted by Gasteiger charge is 2.28. The van der Waals surface area contributed by atoms with E-state index in [1.807, 2.05) is 6.07 Å². The molecule has 1 heterocycles. The van der Waals surface area contributed by atoms with Crippen LogP contribution < -0.4 is 9.47 Å². The molecule has 1 aromatic carbocycles. The van der Waals surface area contributed by atoms with Crippen molar-refractivity contribution in [2.75, 3.05) is 27.3 Å². The van der Waals surface area contributed by atoms with Gasteiger partial charge < -0.3 is 9.47 Å².